The number of H-pyrrole nitrogens is 1. The first kappa shape index (κ1) is 14.0. The van der Waals surface area contributed by atoms with Crippen LogP contribution in [0.3, 0.4) is 0 Å². The van der Waals surface area contributed by atoms with Gasteiger partial charge >= 0.3 is 0 Å². The number of nitrogens with zero attached hydrogens (tertiary/aromatic N) is 1. The van der Waals surface area contributed by atoms with Crippen molar-refractivity contribution in [1.82, 2.24) is 15.5 Å². The molecule has 2 rings (SSSR count). The average Bonchev–Trinajstić information content (AvgIpc) is 2.89. The fraction of sp³-hybridized carbons (Fsp3) is 0.636. The van der Waals surface area contributed by atoms with E-state index < -0.39 is 0 Å². The van der Waals surface area contributed by atoms with Crippen molar-refractivity contribution in [1.29, 1.82) is 0 Å². The molecule has 1 atom stereocenters. The quantitative estimate of drug-likeness (QED) is 0.766. The van der Waals surface area contributed by atoms with Crippen molar-refractivity contribution in [2.24, 2.45) is 0 Å². The average molecular weight is 259 g/mol. The first-order valence-corrected chi connectivity index (χ1v) is 5.88. The number of hydrogen-bond donors (Lipinski definition) is 3. The molecular formula is C11H19ClN4O. The number of hydrogen-bond acceptors (Lipinski definition) is 3. The van der Waals surface area contributed by atoms with E-state index >= 15 is 0 Å². The minimum atomic E-state index is -0.0497. The third-order valence-electron chi connectivity index (χ3n) is 2.78. The van der Waals surface area contributed by atoms with Gasteiger partial charge in [0.05, 0.1) is 6.04 Å². The van der Waals surface area contributed by atoms with Crippen LogP contribution in [0.2, 0.25) is 0 Å². The van der Waals surface area contributed by atoms with E-state index in [1.807, 2.05) is 6.07 Å². The number of carbonyl (C=O) groups excluding carboxylic acids is 1. The molecule has 3 N–H and O–H groups in total. The predicted molar refractivity (Wildman–Crippen MR) is 69.5 cm³/mol. The van der Waals surface area contributed by atoms with Gasteiger partial charge in [-0.15, -0.1) is 12.4 Å². The van der Waals surface area contributed by atoms with Gasteiger partial charge in [-0.1, -0.05) is 13.3 Å². The number of halogens is 1. The second-order valence-electron chi connectivity index (χ2n) is 4.17. The number of aromatic amines is 1. The molecule has 0 radical (unpaired) electrons. The smallest absolute Gasteiger partial charge is 0.242 e. The number of carbonyl (C=O) groups is 1. The summed E-state index contributed by atoms with van der Waals surface area (Å²) in [5, 5.41) is 13.0. The highest BCUT2D eigenvalue weighted by Crippen LogP contribution is 2.10. The van der Waals surface area contributed by atoms with Gasteiger partial charge in [0.25, 0.3) is 0 Å². The Labute approximate surface area is 107 Å². The highest BCUT2D eigenvalue weighted by molar-refractivity contribution is 5.94. The van der Waals surface area contributed by atoms with Gasteiger partial charge in [0.15, 0.2) is 5.82 Å². The molecule has 1 aliphatic rings. The van der Waals surface area contributed by atoms with Gasteiger partial charge in [0.2, 0.25) is 5.91 Å². The summed E-state index contributed by atoms with van der Waals surface area (Å²) >= 11 is 0. The predicted octanol–water partition coefficient (Wildman–Crippen LogP) is 1.47. The Hall–Kier alpha value is -1.07. The first-order valence-electron chi connectivity index (χ1n) is 5.88. The van der Waals surface area contributed by atoms with Crippen molar-refractivity contribution in [3.63, 3.8) is 0 Å². The summed E-state index contributed by atoms with van der Waals surface area (Å²) in [6, 6.07) is 1.85. The maximum absolute atomic E-state index is 11.8. The van der Waals surface area contributed by atoms with Crippen LogP contribution in [0.5, 0.6) is 0 Å². The summed E-state index contributed by atoms with van der Waals surface area (Å²) in [6.45, 7) is 3.04. The molecule has 0 aliphatic carbocycles. The molecule has 17 heavy (non-hydrogen) atoms. The largest absolute Gasteiger partial charge is 0.308 e. The molecule has 1 aromatic heterocycles. The van der Waals surface area contributed by atoms with Crippen LogP contribution in [0.25, 0.3) is 0 Å². The summed E-state index contributed by atoms with van der Waals surface area (Å²) in [4.78, 5) is 11.8. The van der Waals surface area contributed by atoms with E-state index in [2.05, 4.69) is 27.8 Å². The van der Waals surface area contributed by atoms with Crippen molar-refractivity contribution in [3.05, 3.63) is 11.8 Å². The molecule has 1 unspecified atom stereocenters. The van der Waals surface area contributed by atoms with Gasteiger partial charge in [0.1, 0.15) is 0 Å². The maximum atomic E-state index is 11.8. The van der Waals surface area contributed by atoms with Crippen LogP contribution in [0.15, 0.2) is 6.07 Å². The Morgan fingerprint density at radius 2 is 2.47 bits per heavy atom. The summed E-state index contributed by atoms with van der Waals surface area (Å²) in [5.41, 5.74) is 1.07. The fourth-order valence-electron chi connectivity index (χ4n) is 1.94. The van der Waals surface area contributed by atoms with Crippen LogP contribution in [0.4, 0.5) is 5.82 Å². The Morgan fingerprint density at radius 3 is 3.12 bits per heavy atom. The molecule has 1 saturated heterocycles. The fourth-order valence-corrected chi connectivity index (χ4v) is 1.94. The van der Waals surface area contributed by atoms with Gasteiger partial charge in [-0.2, -0.15) is 5.10 Å². The minimum absolute atomic E-state index is 0. The van der Waals surface area contributed by atoms with Gasteiger partial charge in [-0.3, -0.25) is 9.89 Å². The van der Waals surface area contributed by atoms with Gasteiger partial charge in [-0.05, 0) is 25.8 Å². The van der Waals surface area contributed by atoms with Gasteiger partial charge < -0.3 is 10.6 Å². The topological polar surface area (TPSA) is 69.8 Å². The summed E-state index contributed by atoms with van der Waals surface area (Å²) in [6.07, 6.45) is 4.02. The summed E-state index contributed by atoms with van der Waals surface area (Å²) < 4.78 is 0. The van der Waals surface area contributed by atoms with Crippen LogP contribution in [-0.2, 0) is 11.2 Å². The van der Waals surface area contributed by atoms with Crippen LogP contribution in [-0.4, -0.2) is 28.7 Å². The van der Waals surface area contributed by atoms with Crippen LogP contribution in [0, 0.1) is 0 Å². The molecule has 0 bridgehead atoms. The first-order chi connectivity index (χ1) is 7.79. The maximum Gasteiger partial charge on any atom is 0.242 e. The third-order valence-corrected chi connectivity index (χ3v) is 2.78. The van der Waals surface area contributed by atoms with Crippen molar-refractivity contribution in [2.75, 3.05) is 11.9 Å². The number of nitrogens with one attached hydrogen (secondary N) is 3. The van der Waals surface area contributed by atoms with Crippen LogP contribution in [0.1, 0.15) is 31.9 Å². The summed E-state index contributed by atoms with van der Waals surface area (Å²) in [5.74, 6) is 0.647. The zero-order valence-electron chi connectivity index (χ0n) is 9.95. The number of amides is 1. The number of rotatable bonds is 4. The lowest BCUT2D eigenvalue weighted by Crippen LogP contribution is -2.35. The second kappa shape index (κ2) is 6.61. The molecule has 0 aromatic carbocycles. The standard InChI is InChI=1S/C11H18N4O.ClH/c1-2-4-8-7-10(15-14-8)13-11(16)9-5-3-6-12-9;/h7,9,12H,2-6H2,1H3,(H2,13,14,15,16);1H. The zero-order valence-corrected chi connectivity index (χ0v) is 10.8. The van der Waals surface area contributed by atoms with Crippen molar-refractivity contribution >= 4 is 24.1 Å². The molecule has 1 aromatic rings. The second-order valence-corrected chi connectivity index (χ2v) is 4.17. The number of aromatic nitrogens is 2. The monoisotopic (exact) mass is 258 g/mol. The lowest BCUT2D eigenvalue weighted by molar-refractivity contribution is -0.117. The van der Waals surface area contributed by atoms with Gasteiger partial charge in [-0.25, -0.2) is 0 Å². The Kier molecular flexibility index (Phi) is 5.44. The van der Waals surface area contributed by atoms with Crippen molar-refractivity contribution < 1.29 is 4.79 Å². The lowest BCUT2D eigenvalue weighted by atomic mass is 10.2. The molecule has 0 saturated carbocycles. The number of aryl methyl sites for hydroxylation is 1. The minimum Gasteiger partial charge on any atom is -0.308 e. The van der Waals surface area contributed by atoms with E-state index in [0.717, 1.165) is 37.9 Å². The van der Waals surface area contributed by atoms with E-state index in [4.69, 9.17) is 0 Å². The molecule has 0 spiro atoms. The number of anilines is 1. The third kappa shape index (κ3) is 3.71. The van der Waals surface area contributed by atoms with Crippen LogP contribution >= 0.6 is 12.4 Å². The highest BCUT2D eigenvalue weighted by atomic mass is 35.5. The zero-order chi connectivity index (χ0) is 11.4. The van der Waals surface area contributed by atoms with E-state index in [9.17, 15) is 4.79 Å². The van der Waals surface area contributed by atoms with Crippen LogP contribution < -0.4 is 10.6 Å². The van der Waals surface area contributed by atoms with E-state index in [1.165, 1.54) is 0 Å². The molecule has 2 heterocycles. The SMILES string of the molecule is CCCc1cc(NC(=O)C2CCCN2)n[nH]1.Cl. The van der Waals surface area contributed by atoms with E-state index in [-0.39, 0.29) is 24.4 Å². The van der Waals surface area contributed by atoms with Gasteiger partial charge in [0, 0.05) is 11.8 Å². The Balaban J connectivity index is 0.00000144. The highest BCUT2D eigenvalue weighted by Gasteiger charge is 2.22. The Bertz CT molecular complexity index is 360. The lowest BCUT2D eigenvalue weighted by Gasteiger charge is -2.08. The molecule has 96 valence electrons. The molecule has 1 fully saturated rings. The molecular weight excluding hydrogens is 240 g/mol. The normalized spacial score (nSPS) is 18.8. The van der Waals surface area contributed by atoms with E-state index in [0.29, 0.717) is 5.82 Å². The molecule has 5 nitrogen and oxygen atoms in total. The summed E-state index contributed by atoms with van der Waals surface area (Å²) in [7, 11) is 0. The Morgan fingerprint density at radius 1 is 1.65 bits per heavy atom. The van der Waals surface area contributed by atoms with E-state index in [1.54, 1.807) is 0 Å². The van der Waals surface area contributed by atoms with Crippen molar-refractivity contribution in [3.8, 4) is 0 Å². The molecule has 6 heteroatoms. The molecule has 1 amide bonds. The molecule has 1 aliphatic heterocycles. The van der Waals surface area contributed by atoms with Crippen molar-refractivity contribution in [2.45, 2.75) is 38.6 Å².